The highest BCUT2D eigenvalue weighted by Gasteiger charge is 1.86. The Bertz CT molecular complexity index is 432. The van der Waals surface area contributed by atoms with Crippen molar-refractivity contribution in [3.05, 3.63) is 78.0 Å². The first-order valence-corrected chi connectivity index (χ1v) is 5.44. The van der Waals surface area contributed by atoms with Gasteiger partial charge in [-0.15, -0.1) is 0 Å². The molecule has 2 aromatic rings. The van der Waals surface area contributed by atoms with Crippen LogP contribution >= 0.6 is 0 Å². The average molecular weight is 209 g/mol. The highest BCUT2D eigenvalue weighted by molar-refractivity contribution is 5.48. The van der Waals surface area contributed by atoms with Gasteiger partial charge in [0.1, 0.15) is 0 Å². The Morgan fingerprint density at radius 1 is 0.812 bits per heavy atom. The zero-order valence-electron chi connectivity index (χ0n) is 9.14. The summed E-state index contributed by atoms with van der Waals surface area (Å²) in [4.78, 5) is 0. The molecule has 0 atom stereocenters. The fourth-order valence-corrected chi connectivity index (χ4v) is 1.49. The van der Waals surface area contributed by atoms with E-state index < -0.39 is 0 Å². The molecule has 16 heavy (non-hydrogen) atoms. The van der Waals surface area contributed by atoms with Crippen LogP contribution < -0.4 is 5.32 Å². The molecule has 0 aliphatic carbocycles. The Morgan fingerprint density at radius 2 is 1.44 bits per heavy atom. The summed E-state index contributed by atoms with van der Waals surface area (Å²) in [7, 11) is 0. The first kappa shape index (κ1) is 10.5. The molecule has 0 aliphatic heterocycles. The van der Waals surface area contributed by atoms with Crippen molar-refractivity contribution in [1.82, 2.24) is 5.32 Å². The number of hydrogen-bond acceptors (Lipinski definition) is 1. The first-order chi connectivity index (χ1) is 7.95. The first-order valence-electron chi connectivity index (χ1n) is 5.44. The van der Waals surface area contributed by atoms with Gasteiger partial charge in [-0.1, -0.05) is 60.7 Å². The van der Waals surface area contributed by atoms with Crippen LogP contribution in [0.15, 0.2) is 66.9 Å². The summed E-state index contributed by atoms with van der Waals surface area (Å²) in [5, 5.41) is 3.27. The summed E-state index contributed by atoms with van der Waals surface area (Å²) in [5.74, 6) is 0. The van der Waals surface area contributed by atoms with Gasteiger partial charge >= 0.3 is 0 Å². The molecule has 0 saturated heterocycles. The van der Waals surface area contributed by atoms with Gasteiger partial charge in [-0.3, -0.25) is 0 Å². The van der Waals surface area contributed by atoms with Gasteiger partial charge in [-0.25, -0.2) is 0 Å². The minimum absolute atomic E-state index is 0.865. The SMILES string of the molecule is C(=C\c1ccccc1)/NCc1ccccc1. The van der Waals surface area contributed by atoms with Crippen molar-refractivity contribution < 1.29 is 0 Å². The van der Waals surface area contributed by atoms with E-state index in [1.54, 1.807) is 0 Å². The largest absolute Gasteiger partial charge is 0.387 e. The standard InChI is InChI=1S/C15H15N/c1-3-7-14(8-4-1)11-12-16-13-15-9-5-2-6-10-15/h1-12,16H,13H2/b12-11+. The summed E-state index contributed by atoms with van der Waals surface area (Å²) in [6.45, 7) is 0.865. The summed E-state index contributed by atoms with van der Waals surface area (Å²) < 4.78 is 0. The Morgan fingerprint density at radius 3 is 2.12 bits per heavy atom. The molecule has 0 amide bonds. The zero-order valence-corrected chi connectivity index (χ0v) is 9.14. The maximum atomic E-state index is 3.27. The van der Waals surface area contributed by atoms with Crippen molar-refractivity contribution in [3.8, 4) is 0 Å². The van der Waals surface area contributed by atoms with Crippen LogP contribution in [-0.4, -0.2) is 0 Å². The monoisotopic (exact) mass is 209 g/mol. The van der Waals surface area contributed by atoms with Crippen LogP contribution in [0, 0.1) is 0 Å². The Balaban J connectivity index is 1.83. The van der Waals surface area contributed by atoms with Crippen LogP contribution in [0.25, 0.3) is 6.08 Å². The number of nitrogens with one attached hydrogen (secondary N) is 1. The van der Waals surface area contributed by atoms with Gasteiger partial charge in [-0.2, -0.15) is 0 Å². The molecule has 0 unspecified atom stereocenters. The molecule has 0 aromatic heterocycles. The minimum Gasteiger partial charge on any atom is -0.387 e. The van der Waals surface area contributed by atoms with E-state index in [2.05, 4.69) is 47.8 Å². The van der Waals surface area contributed by atoms with E-state index in [1.165, 1.54) is 11.1 Å². The highest BCUT2D eigenvalue weighted by Crippen LogP contribution is 2.01. The van der Waals surface area contributed by atoms with Crippen molar-refractivity contribution in [3.63, 3.8) is 0 Å². The van der Waals surface area contributed by atoms with Crippen molar-refractivity contribution >= 4 is 6.08 Å². The Labute approximate surface area is 96.4 Å². The van der Waals surface area contributed by atoms with Gasteiger partial charge in [0, 0.05) is 6.54 Å². The highest BCUT2D eigenvalue weighted by atomic mass is 14.8. The Hall–Kier alpha value is -2.02. The topological polar surface area (TPSA) is 12.0 Å². The lowest BCUT2D eigenvalue weighted by atomic mass is 10.2. The van der Waals surface area contributed by atoms with E-state index in [-0.39, 0.29) is 0 Å². The lowest BCUT2D eigenvalue weighted by Crippen LogP contribution is -2.03. The van der Waals surface area contributed by atoms with Gasteiger partial charge < -0.3 is 5.32 Å². The van der Waals surface area contributed by atoms with Crippen LogP contribution in [0.1, 0.15) is 11.1 Å². The van der Waals surface area contributed by atoms with Crippen LogP contribution in [-0.2, 0) is 6.54 Å². The van der Waals surface area contributed by atoms with E-state index in [1.807, 2.05) is 30.5 Å². The lowest BCUT2D eigenvalue weighted by molar-refractivity contribution is 0.874. The van der Waals surface area contributed by atoms with E-state index in [9.17, 15) is 0 Å². The lowest BCUT2D eigenvalue weighted by Gasteiger charge is -2.00. The van der Waals surface area contributed by atoms with Crippen molar-refractivity contribution in [1.29, 1.82) is 0 Å². The normalized spacial score (nSPS) is 10.5. The second-order valence-corrected chi connectivity index (χ2v) is 3.61. The molecular formula is C15H15N. The fraction of sp³-hybridized carbons (Fsp3) is 0.0667. The molecule has 1 heteroatoms. The molecule has 2 rings (SSSR count). The van der Waals surface area contributed by atoms with Crippen molar-refractivity contribution in [2.45, 2.75) is 6.54 Å². The molecule has 1 N–H and O–H groups in total. The van der Waals surface area contributed by atoms with E-state index in [0.717, 1.165) is 6.54 Å². The Kier molecular flexibility index (Phi) is 3.78. The third kappa shape index (κ3) is 3.28. The van der Waals surface area contributed by atoms with Crippen LogP contribution in [0.3, 0.4) is 0 Å². The predicted octanol–water partition coefficient (Wildman–Crippen LogP) is 3.45. The van der Waals surface area contributed by atoms with Gasteiger partial charge in [-0.05, 0) is 23.4 Å². The quantitative estimate of drug-likeness (QED) is 0.813. The summed E-state index contributed by atoms with van der Waals surface area (Å²) in [6.07, 6.45) is 4.06. The maximum absolute atomic E-state index is 3.27. The summed E-state index contributed by atoms with van der Waals surface area (Å²) in [5.41, 5.74) is 2.50. The number of rotatable bonds is 4. The van der Waals surface area contributed by atoms with Crippen LogP contribution in [0.4, 0.5) is 0 Å². The summed E-state index contributed by atoms with van der Waals surface area (Å²) in [6, 6.07) is 20.6. The van der Waals surface area contributed by atoms with E-state index in [0.29, 0.717) is 0 Å². The maximum Gasteiger partial charge on any atom is 0.0395 e. The molecule has 0 bridgehead atoms. The molecule has 0 aliphatic rings. The molecular weight excluding hydrogens is 194 g/mol. The van der Waals surface area contributed by atoms with Crippen LogP contribution in [0.5, 0.6) is 0 Å². The summed E-state index contributed by atoms with van der Waals surface area (Å²) >= 11 is 0. The molecule has 0 spiro atoms. The minimum atomic E-state index is 0.865. The average Bonchev–Trinajstić information content (AvgIpc) is 2.37. The van der Waals surface area contributed by atoms with Gasteiger partial charge in [0.2, 0.25) is 0 Å². The smallest absolute Gasteiger partial charge is 0.0395 e. The zero-order chi connectivity index (χ0) is 11.1. The molecule has 0 fully saturated rings. The van der Waals surface area contributed by atoms with Gasteiger partial charge in [0.25, 0.3) is 0 Å². The van der Waals surface area contributed by atoms with E-state index in [4.69, 9.17) is 0 Å². The second kappa shape index (κ2) is 5.76. The molecule has 2 aromatic carbocycles. The molecule has 1 nitrogen and oxygen atoms in total. The van der Waals surface area contributed by atoms with Crippen LogP contribution in [0.2, 0.25) is 0 Å². The number of benzene rings is 2. The van der Waals surface area contributed by atoms with Crippen molar-refractivity contribution in [2.24, 2.45) is 0 Å². The van der Waals surface area contributed by atoms with Gasteiger partial charge in [0.15, 0.2) is 0 Å². The predicted molar refractivity (Wildman–Crippen MR) is 68.8 cm³/mol. The van der Waals surface area contributed by atoms with Gasteiger partial charge in [0.05, 0.1) is 0 Å². The fourth-order valence-electron chi connectivity index (χ4n) is 1.49. The molecule has 0 radical (unpaired) electrons. The second-order valence-electron chi connectivity index (χ2n) is 3.61. The van der Waals surface area contributed by atoms with E-state index >= 15 is 0 Å². The molecule has 80 valence electrons. The molecule has 0 heterocycles. The number of hydrogen-bond donors (Lipinski definition) is 1. The molecule has 0 saturated carbocycles. The third-order valence-electron chi connectivity index (χ3n) is 2.34. The van der Waals surface area contributed by atoms with Crippen molar-refractivity contribution in [2.75, 3.05) is 0 Å². The third-order valence-corrected chi connectivity index (χ3v) is 2.34.